The number of rotatable bonds is 4. The summed E-state index contributed by atoms with van der Waals surface area (Å²) in [5.74, 6) is -3.12. The summed E-state index contributed by atoms with van der Waals surface area (Å²) >= 11 is 5.63. The molecule has 128 valence electrons. The highest BCUT2D eigenvalue weighted by atomic mass is 35.5. The van der Waals surface area contributed by atoms with Crippen molar-refractivity contribution in [3.63, 3.8) is 0 Å². The van der Waals surface area contributed by atoms with Crippen molar-refractivity contribution >= 4 is 35.1 Å². The quantitative estimate of drug-likeness (QED) is 0.865. The van der Waals surface area contributed by atoms with Crippen LogP contribution >= 0.6 is 11.6 Å². The predicted molar refractivity (Wildman–Crippen MR) is 84.2 cm³/mol. The molecule has 3 rings (SSSR count). The van der Waals surface area contributed by atoms with Gasteiger partial charge in [-0.2, -0.15) is 0 Å². The molecule has 2 amide bonds. The molecule has 6 nitrogen and oxygen atoms in total. The van der Waals surface area contributed by atoms with Gasteiger partial charge in [-0.3, -0.25) is 9.59 Å². The number of carbonyl (C=O) groups excluding carboxylic acids is 2. The van der Waals surface area contributed by atoms with E-state index in [1.54, 1.807) is 0 Å². The first kappa shape index (κ1) is 16.7. The molecule has 1 heterocycles. The molecule has 0 spiro atoms. The lowest BCUT2D eigenvalue weighted by Crippen LogP contribution is -2.60. The van der Waals surface area contributed by atoms with Crippen LogP contribution in [-0.4, -0.2) is 35.0 Å². The lowest BCUT2D eigenvalue weighted by atomic mass is 9.76. The van der Waals surface area contributed by atoms with Crippen molar-refractivity contribution in [2.24, 2.45) is 5.92 Å². The van der Waals surface area contributed by atoms with E-state index in [1.807, 2.05) is 0 Å². The summed E-state index contributed by atoms with van der Waals surface area (Å²) in [6, 6.07) is 4.00. The molecule has 1 atom stereocenters. The molecule has 24 heavy (non-hydrogen) atoms. The highest BCUT2D eigenvalue weighted by Gasteiger charge is 2.47. The van der Waals surface area contributed by atoms with Crippen molar-refractivity contribution in [2.75, 3.05) is 11.4 Å². The van der Waals surface area contributed by atoms with Gasteiger partial charge < -0.3 is 15.3 Å². The van der Waals surface area contributed by atoms with Crippen LogP contribution in [-0.2, 0) is 14.4 Å². The third-order valence-electron chi connectivity index (χ3n) is 4.69. The Morgan fingerprint density at radius 2 is 2.08 bits per heavy atom. The van der Waals surface area contributed by atoms with E-state index in [9.17, 15) is 23.9 Å². The van der Waals surface area contributed by atoms with E-state index in [4.69, 9.17) is 11.6 Å². The monoisotopic (exact) mass is 354 g/mol. The van der Waals surface area contributed by atoms with Crippen LogP contribution in [0.4, 0.5) is 10.1 Å². The molecule has 1 unspecified atom stereocenters. The smallest absolute Gasteiger partial charge is 0.329 e. The third kappa shape index (κ3) is 2.84. The van der Waals surface area contributed by atoms with Crippen molar-refractivity contribution in [1.29, 1.82) is 0 Å². The number of benzene rings is 1. The number of hydrogen-bond donors (Lipinski definition) is 2. The molecule has 2 N–H and O–H groups in total. The maximum atomic E-state index is 13.6. The van der Waals surface area contributed by atoms with Gasteiger partial charge in [-0.05, 0) is 37.5 Å². The van der Waals surface area contributed by atoms with Gasteiger partial charge in [0.1, 0.15) is 11.4 Å². The average molecular weight is 355 g/mol. The standard InChI is InChI=1S/C16H16ClFN2O4/c17-11-3-2-10(7-12(11)18)20-8-9(6-13(20)21)14(22)19-16(15(23)24)4-1-5-16/h2-3,7,9H,1,4-6,8H2,(H,19,22)(H,23,24). The zero-order chi connectivity index (χ0) is 17.5. The minimum atomic E-state index is -1.21. The van der Waals surface area contributed by atoms with Crippen LogP contribution < -0.4 is 10.2 Å². The molecule has 8 heteroatoms. The summed E-state index contributed by atoms with van der Waals surface area (Å²) in [6.07, 6.45) is 1.49. The van der Waals surface area contributed by atoms with E-state index in [1.165, 1.54) is 17.0 Å². The minimum absolute atomic E-state index is 0.0359. The number of nitrogens with zero attached hydrogens (tertiary/aromatic N) is 1. The number of halogens is 2. The molecule has 1 aromatic carbocycles. The summed E-state index contributed by atoms with van der Waals surface area (Å²) in [4.78, 5) is 37.1. The van der Waals surface area contributed by atoms with Gasteiger partial charge in [-0.15, -0.1) is 0 Å². The Hall–Kier alpha value is -2.15. The zero-order valence-electron chi connectivity index (χ0n) is 12.7. The molecule has 1 aliphatic heterocycles. The second kappa shape index (κ2) is 6.05. The van der Waals surface area contributed by atoms with Crippen molar-refractivity contribution in [2.45, 2.75) is 31.2 Å². The number of carboxylic acid groups (broad SMARTS) is 1. The van der Waals surface area contributed by atoms with E-state index >= 15 is 0 Å². The molecule has 1 aromatic rings. The summed E-state index contributed by atoms with van der Waals surface area (Å²) < 4.78 is 13.6. The zero-order valence-corrected chi connectivity index (χ0v) is 13.5. The number of anilines is 1. The Bertz CT molecular complexity index is 720. The number of carboxylic acids is 1. The number of nitrogens with one attached hydrogen (secondary N) is 1. The van der Waals surface area contributed by atoms with E-state index in [0.29, 0.717) is 18.5 Å². The maximum absolute atomic E-state index is 13.6. The van der Waals surface area contributed by atoms with E-state index < -0.39 is 29.2 Å². The molecule has 0 aromatic heterocycles. The predicted octanol–water partition coefficient (Wildman–Crippen LogP) is 1.96. The molecule has 2 aliphatic rings. The van der Waals surface area contributed by atoms with Crippen molar-refractivity contribution in [3.8, 4) is 0 Å². The number of amides is 2. The lowest BCUT2D eigenvalue weighted by Gasteiger charge is -2.38. The van der Waals surface area contributed by atoms with Gasteiger partial charge in [0.15, 0.2) is 0 Å². The highest BCUT2D eigenvalue weighted by Crippen LogP contribution is 2.34. The fraction of sp³-hybridized carbons (Fsp3) is 0.438. The van der Waals surface area contributed by atoms with Gasteiger partial charge in [0.25, 0.3) is 0 Å². The highest BCUT2D eigenvalue weighted by molar-refractivity contribution is 6.30. The second-order valence-electron chi connectivity index (χ2n) is 6.23. The molecular formula is C16H16ClFN2O4. The SMILES string of the molecule is O=C(NC1(C(=O)O)CCC1)C1CC(=O)N(c2ccc(Cl)c(F)c2)C1. The summed E-state index contributed by atoms with van der Waals surface area (Å²) in [5, 5.41) is 11.8. The van der Waals surface area contributed by atoms with E-state index in [2.05, 4.69) is 5.32 Å². The Morgan fingerprint density at radius 3 is 2.62 bits per heavy atom. The number of carbonyl (C=O) groups is 3. The first-order chi connectivity index (χ1) is 11.3. The molecule has 0 radical (unpaired) electrons. The van der Waals surface area contributed by atoms with Crippen LogP contribution in [0.2, 0.25) is 5.02 Å². The van der Waals surface area contributed by atoms with Crippen LogP contribution in [0.15, 0.2) is 18.2 Å². The first-order valence-corrected chi connectivity index (χ1v) is 8.01. The second-order valence-corrected chi connectivity index (χ2v) is 6.64. The lowest BCUT2D eigenvalue weighted by molar-refractivity contribution is -0.152. The largest absolute Gasteiger partial charge is 0.480 e. The number of hydrogen-bond acceptors (Lipinski definition) is 3. The maximum Gasteiger partial charge on any atom is 0.329 e. The first-order valence-electron chi connectivity index (χ1n) is 7.63. The third-order valence-corrected chi connectivity index (χ3v) is 5.00. The Labute approximate surface area is 142 Å². The average Bonchev–Trinajstić information content (AvgIpc) is 2.87. The van der Waals surface area contributed by atoms with Crippen molar-refractivity contribution in [3.05, 3.63) is 29.0 Å². The van der Waals surface area contributed by atoms with Crippen molar-refractivity contribution in [1.82, 2.24) is 5.32 Å². The van der Waals surface area contributed by atoms with Crippen LogP contribution in [0, 0.1) is 11.7 Å². The number of aliphatic carboxylic acids is 1. The Morgan fingerprint density at radius 1 is 1.38 bits per heavy atom. The van der Waals surface area contributed by atoms with Crippen LogP contribution in [0.5, 0.6) is 0 Å². The molecular weight excluding hydrogens is 339 g/mol. The fourth-order valence-corrected chi connectivity index (χ4v) is 3.16. The normalized spacial score (nSPS) is 22.2. The summed E-state index contributed by atoms with van der Waals surface area (Å²) in [7, 11) is 0. The van der Waals surface area contributed by atoms with Crippen molar-refractivity contribution < 1.29 is 23.9 Å². The Kier molecular flexibility index (Phi) is 4.21. The minimum Gasteiger partial charge on any atom is -0.480 e. The molecule has 0 bridgehead atoms. The summed E-state index contributed by atoms with van der Waals surface area (Å²) in [5.41, 5.74) is -0.881. The molecule has 1 saturated heterocycles. The molecule has 1 aliphatic carbocycles. The van der Waals surface area contributed by atoms with Gasteiger partial charge in [-0.25, -0.2) is 9.18 Å². The van der Waals surface area contributed by atoms with E-state index in [-0.39, 0.29) is 23.9 Å². The Balaban J connectivity index is 1.71. The van der Waals surface area contributed by atoms with Gasteiger partial charge in [-0.1, -0.05) is 11.6 Å². The van der Waals surface area contributed by atoms with Crippen LogP contribution in [0.3, 0.4) is 0 Å². The van der Waals surface area contributed by atoms with Gasteiger partial charge in [0.2, 0.25) is 11.8 Å². The molecule has 2 fully saturated rings. The van der Waals surface area contributed by atoms with Crippen LogP contribution in [0.25, 0.3) is 0 Å². The van der Waals surface area contributed by atoms with E-state index in [0.717, 1.165) is 12.5 Å². The van der Waals surface area contributed by atoms with Gasteiger partial charge >= 0.3 is 5.97 Å². The fourth-order valence-electron chi connectivity index (χ4n) is 3.05. The summed E-state index contributed by atoms with van der Waals surface area (Å²) in [6.45, 7) is 0.0848. The molecule has 1 saturated carbocycles. The van der Waals surface area contributed by atoms with Gasteiger partial charge in [0, 0.05) is 18.7 Å². The van der Waals surface area contributed by atoms with Gasteiger partial charge in [0.05, 0.1) is 10.9 Å². The van der Waals surface area contributed by atoms with Crippen LogP contribution in [0.1, 0.15) is 25.7 Å². The topological polar surface area (TPSA) is 86.7 Å².